The molecule has 1 atom stereocenters. The van der Waals surface area contributed by atoms with Crippen molar-refractivity contribution >= 4 is 53.4 Å². The topological polar surface area (TPSA) is 151 Å². The maximum Gasteiger partial charge on any atom is 0.262 e. The molecule has 0 spiro atoms. The molecule has 12 nitrogen and oxygen atoms in total. The zero-order valence-electron chi connectivity index (χ0n) is 33.3. The number of carbonyl (C=O) groups excluding carboxylic acids is 4. The van der Waals surface area contributed by atoms with Gasteiger partial charge in [0.25, 0.3) is 11.8 Å². The van der Waals surface area contributed by atoms with Gasteiger partial charge in [-0.25, -0.2) is 9.97 Å². The van der Waals surface area contributed by atoms with E-state index >= 15 is 0 Å². The number of halogens is 1. The fraction of sp³-hybridized carbons (Fsp3) is 0.409. The first-order chi connectivity index (χ1) is 27.9. The Kier molecular flexibility index (Phi) is 12.8. The van der Waals surface area contributed by atoms with Gasteiger partial charge in [-0.15, -0.1) is 0 Å². The van der Waals surface area contributed by atoms with Gasteiger partial charge in [-0.3, -0.25) is 29.4 Å². The van der Waals surface area contributed by atoms with Crippen molar-refractivity contribution in [3.63, 3.8) is 0 Å². The summed E-state index contributed by atoms with van der Waals surface area (Å²) >= 11 is 6.55. The van der Waals surface area contributed by atoms with Crippen LogP contribution in [0.25, 0.3) is 0 Å². The molecular formula is C44H50ClN6O6P. The molecule has 4 heterocycles. The molecule has 3 aromatic carbocycles. The fourth-order valence-electron chi connectivity index (χ4n) is 8.32. The van der Waals surface area contributed by atoms with E-state index in [4.69, 9.17) is 21.3 Å². The first kappa shape index (κ1) is 41.3. The molecule has 3 aliphatic rings. The van der Waals surface area contributed by atoms with Crippen LogP contribution in [-0.4, -0.2) is 90.7 Å². The molecule has 0 radical (unpaired) electrons. The Morgan fingerprint density at radius 1 is 0.897 bits per heavy atom. The van der Waals surface area contributed by atoms with Crippen molar-refractivity contribution in [3.8, 4) is 5.75 Å². The SMILES string of the molecule is COc1cc(N2CCC(NCCCCCc3cccc4c3C(=O)N(C3CCC(=O)NC3=O)C4=O)CC2)ccc1Cc1ncc(Cl)c(Cc2ccccc2P(C)(C)=O)n1. The molecule has 4 aromatic rings. The molecule has 0 aliphatic carbocycles. The van der Waals surface area contributed by atoms with Gasteiger partial charge in [0.1, 0.15) is 24.8 Å². The van der Waals surface area contributed by atoms with Crippen LogP contribution in [0.4, 0.5) is 5.69 Å². The number of aromatic nitrogens is 2. The molecule has 14 heteroatoms. The van der Waals surface area contributed by atoms with Gasteiger partial charge >= 0.3 is 0 Å². The zero-order chi connectivity index (χ0) is 41.0. The lowest BCUT2D eigenvalue weighted by Crippen LogP contribution is -2.54. The van der Waals surface area contributed by atoms with E-state index in [0.29, 0.717) is 53.0 Å². The zero-order valence-corrected chi connectivity index (χ0v) is 34.9. The molecule has 1 unspecified atom stereocenters. The summed E-state index contributed by atoms with van der Waals surface area (Å²) in [6, 6.07) is 18.8. The lowest BCUT2D eigenvalue weighted by molar-refractivity contribution is -0.136. The van der Waals surface area contributed by atoms with E-state index in [1.807, 2.05) is 30.3 Å². The number of amides is 4. The maximum absolute atomic E-state index is 13.4. The third-order valence-electron chi connectivity index (χ3n) is 11.4. The molecular weight excluding hydrogens is 775 g/mol. The van der Waals surface area contributed by atoms with Crippen molar-refractivity contribution in [2.24, 2.45) is 0 Å². The quantitative estimate of drug-likeness (QED) is 0.0838. The van der Waals surface area contributed by atoms with E-state index in [-0.39, 0.29) is 18.7 Å². The van der Waals surface area contributed by atoms with Crippen LogP contribution in [0.5, 0.6) is 5.75 Å². The lowest BCUT2D eigenvalue weighted by atomic mass is 9.98. The number of hydrogen-bond acceptors (Lipinski definition) is 10. The van der Waals surface area contributed by atoms with Crippen molar-refractivity contribution in [2.45, 2.75) is 76.3 Å². The highest BCUT2D eigenvalue weighted by atomic mass is 35.5. The van der Waals surface area contributed by atoms with Crippen LogP contribution in [0, 0.1) is 0 Å². The second-order valence-corrected chi connectivity index (χ2v) is 19.3. The molecule has 2 N–H and O–H groups in total. The molecule has 2 saturated heterocycles. The van der Waals surface area contributed by atoms with Crippen molar-refractivity contribution in [3.05, 3.63) is 111 Å². The number of piperidine rings is 2. The average Bonchev–Trinajstić information content (AvgIpc) is 3.46. The molecule has 304 valence electrons. The van der Waals surface area contributed by atoms with Gasteiger partial charge in [0.15, 0.2) is 0 Å². The second kappa shape index (κ2) is 17.9. The second-order valence-electron chi connectivity index (χ2n) is 15.7. The number of benzene rings is 3. The van der Waals surface area contributed by atoms with Gasteiger partial charge in [0, 0.05) is 67.2 Å². The fourth-order valence-corrected chi connectivity index (χ4v) is 9.77. The van der Waals surface area contributed by atoms with Crippen LogP contribution in [0.1, 0.15) is 93.9 Å². The monoisotopic (exact) mass is 824 g/mol. The summed E-state index contributed by atoms with van der Waals surface area (Å²) < 4.78 is 18.8. The maximum atomic E-state index is 13.4. The number of ether oxygens (including phenoxy) is 1. The number of anilines is 1. The van der Waals surface area contributed by atoms with Crippen LogP contribution in [0.15, 0.2) is 66.9 Å². The van der Waals surface area contributed by atoms with Gasteiger partial charge in [-0.2, -0.15) is 0 Å². The average molecular weight is 825 g/mol. The van der Waals surface area contributed by atoms with Crippen LogP contribution in [0.3, 0.4) is 0 Å². The number of rotatable bonds is 15. The Bertz CT molecular complexity index is 2270. The Labute approximate surface area is 344 Å². The van der Waals surface area contributed by atoms with E-state index in [1.165, 1.54) is 0 Å². The van der Waals surface area contributed by atoms with E-state index < -0.39 is 30.9 Å². The van der Waals surface area contributed by atoms with Crippen LogP contribution < -0.4 is 25.6 Å². The number of hydrogen-bond donors (Lipinski definition) is 2. The Balaban J connectivity index is 0.864. The Hall–Kier alpha value is -4.90. The van der Waals surface area contributed by atoms with E-state index in [2.05, 4.69) is 38.7 Å². The van der Waals surface area contributed by atoms with E-state index in [0.717, 1.165) is 90.1 Å². The molecule has 0 bridgehead atoms. The molecule has 58 heavy (non-hydrogen) atoms. The summed E-state index contributed by atoms with van der Waals surface area (Å²) in [5, 5.41) is 7.30. The third-order valence-corrected chi connectivity index (χ3v) is 13.3. The van der Waals surface area contributed by atoms with Crippen LogP contribution in [-0.2, 0) is 33.4 Å². The number of carbonyl (C=O) groups is 4. The van der Waals surface area contributed by atoms with E-state index in [9.17, 15) is 23.7 Å². The van der Waals surface area contributed by atoms with Gasteiger partial charge in [0.05, 0.1) is 29.0 Å². The number of nitrogens with one attached hydrogen (secondary N) is 2. The summed E-state index contributed by atoms with van der Waals surface area (Å²) in [5.41, 5.74) is 5.29. The van der Waals surface area contributed by atoms with Crippen LogP contribution in [0.2, 0.25) is 5.02 Å². The van der Waals surface area contributed by atoms with Crippen molar-refractivity contribution in [2.75, 3.05) is 45.0 Å². The first-order valence-electron chi connectivity index (χ1n) is 20.0. The predicted octanol–water partition coefficient (Wildman–Crippen LogP) is 5.94. The van der Waals surface area contributed by atoms with Gasteiger partial charge in [-0.1, -0.05) is 60.5 Å². The minimum absolute atomic E-state index is 0.0983. The highest BCUT2D eigenvalue weighted by Gasteiger charge is 2.45. The summed E-state index contributed by atoms with van der Waals surface area (Å²) in [5.74, 6) is -0.482. The molecule has 0 saturated carbocycles. The number of aryl methyl sites for hydroxylation is 1. The standard InChI is InChI=1S/C44H50ClN6O6P/c1-57-37-26-32(16-15-29(37)25-39-47-27-34(45)35(48-39)24-30-11-6-7-14-38(30)58(2,3)56)50-22-19-31(20-23-50)46-21-8-4-5-10-28-12-9-13-33-41(28)44(55)51(43(33)54)36-17-18-40(52)49-42(36)53/h6-7,9,11-16,26-27,31,36,46H,4-5,8,10,17-25H2,1-3H3,(H,49,52,53). The Morgan fingerprint density at radius 3 is 2.43 bits per heavy atom. The summed E-state index contributed by atoms with van der Waals surface area (Å²) in [6.07, 6.45) is 8.38. The number of unbranched alkanes of at least 4 members (excludes halogenated alkanes) is 2. The van der Waals surface area contributed by atoms with Gasteiger partial charge in [-0.05, 0) is 81.7 Å². The molecule has 7 rings (SSSR count). The number of nitrogens with zero attached hydrogens (tertiary/aromatic N) is 4. The van der Waals surface area contributed by atoms with E-state index in [1.54, 1.807) is 38.8 Å². The summed E-state index contributed by atoms with van der Waals surface area (Å²) in [4.78, 5) is 63.4. The summed E-state index contributed by atoms with van der Waals surface area (Å²) in [7, 11) is -0.793. The van der Waals surface area contributed by atoms with Crippen molar-refractivity contribution in [1.82, 2.24) is 25.5 Å². The van der Waals surface area contributed by atoms with Gasteiger partial charge < -0.3 is 19.5 Å². The normalized spacial score (nSPS) is 17.5. The van der Waals surface area contributed by atoms with Crippen molar-refractivity contribution < 1.29 is 28.5 Å². The van der Waals surface area contributed by atoms with Crippen LogP contribution >= 0.6 is 18.7 Å². The summed E-state index contributed by atoms with van der Waals surface area (Å²) in [6.45, 7) is 6.31. The number of imide groups is 2. The smallest absolute Gasteiger partial charge is 0.262 e. The Morgan fingerprint density at radius 2 is 1.67 bits per heavy atom. The third kappa shape index (κ3) is 9.20. The number of methoxy groups -OCH3 is 1. The largest absolute Gasteiger partial charge is 0.496 e. The van der Waals surface area contributed by atoms with Crippen molar-refractivity contribution in [1.29, 1.82) is 0 Å². The first-order valence-corrected chi connectivity index (χ1v) is 23.0. The molecule has 4 amide bonds. The molecule has 1 aromatic heterocycles. The minimum atomic E-state index is -2.48. The molecule has 2 fully saturated rings. The lowest BCUT2D eigenvalue weighted by Gasteiger charge is -2.34. The van der Waals surface area contributed by atoms with Gasteiger partial charge in [0.2, 0.25) is 11.8 Å². The highest BCUT2D eigenvalue weighted by Crippen LogP contribution is 2.37. The minimum Gasteiger partial charge on any atom is -0.496 e. The molecule has 3 aliphatic heterocycles. The highest BCUT2D eigenvalue weighted by molar-refractivity contribution is 7.70. The number of fused-ring (bicyclic) bond motifs is 1. The predicted molar refractivity (Wildman–Crippen MR) is 225 cm³/mol.